The summed E-state index contributed by atoms with van der Waals surface area (Å²) in [7, 11) is 0. The average molecular weight is 259 g/mol. The van der Waals surface area contributed by atoms with E-state index in [-0.39, 0.29) is 11.6 Å². The highest BCUT2D eigenvalue weighted by atomic mass is 32.1. The van der Waals surface area contributed by atoms with Crippen LogP contribution in [0.25, 0.3) is 20.8 Å². The summed E-state index contributed by atoms with van der Waals surface area (Å²) in [6.07, 6.45) is 0. The Hall–Kier alpha value is -2.14. The van der Waals surface area contributed by atoms with E-state index in [0.29, 0.717) is 16.3 Å². The first-order chi connectivity index (χ1) is 8.63. The first-order valence-electron chi connectivity index (χ1n) is 5.28. The molecule has 3 rings (SSSR count). The van der Waals surface area contributed by atoms with Crippen molar-refractivity contribution in [3.8, 4) is 16.3 Å². The van der Waals surface area contributed by atoms with Gasteiger partial charge in [-0.3, -0.25) is 0 Å². The van der Waals surface area contributed by atoms with Gasteiger partial charge >= 0.3 is 0 Å². The van der Waals surface area contributed by atoms with E-state index in [1.165, 1.54) is 23.5 Å². The van der Waals surface area contributed by atoms with Crippen molar-refractivity contribution < 1.29 is 9.50 Å². The van der Waals surface area contributed by atoms with Gasteiger partial charge in [0.2, 0.25) is 0 Å². The molecule has 1 aromatic heterocycles. The zero-order valence-corrected chi connectivity index (χ0v) is 10.0. The molecule has 0 aliphatic rings. The second-order valence-electron chi connectivity index (χ2n) is 3.90. The number of halogens is 1. The van der Waals surface area contributed by atoms with E-state index in [4.69, 9.17) is 5.73 Å². The van der Waals surface area contributed by atoms with Gasteiger partial charge in [0.25, 0.3) is 0 Å². The van der Waals surface area contributed by atoms with Gasteiger partial charge in [0.1, 0.15) is 16.6 Å². The van der Waals surface area contributed by atoms with Crippen LogP contribution in [0, 0.1) is 5.82 Å². The van der Waals surface area contributed by atoms with Crippen LogP contribution in [0.4, 0.5) is 10.1 Å². The number of benzene rings is 2. The van der Waals surface area contributed by atoms with Crippen LogP contribution in [-0.4, -0.2) is 10.1 Å². The lowest BCUT2D eigenvalue weighted by Gasteiger charge is -2.00. The van der Waals surface area contributed by atoms with Gasteiger partial charge < -0.3 is 10.8 Å². The average Bonchev–Trinajstić information content (AvgIpc) is 2.71. The van der Waals surface area contributed by atoms with Crippen LogP contribution >= 0.6 is 11.3 Å². The number of nitrogens with zero attached hydrogens (tertiary/aromatic N) is 1. The summed E-state index contributed by atoms with van der Waals surface area (Å²) in [6.45, 7) is 0. The maximum Gasteiger partial charge on any atom is 0.126 e. The maximum atomic E-state index is 13.0. The molecule has 0 aliphatic carbocycles. The van der Waals surface area contributed by atoms with Crippen LogP contribution in [-0.2, 0) is 0 Å². The summed E-state index contributed by atoms with van der Waals surface area (Å²) in [5.41, 5.74) is 7.64. The quantitative estimate of drug-likeness (QED) is 0.658. The fourth-order valence-electron chi connectivity index (χ4n) is 1.76. The Morgan fingerprint density at radius 2 is 2.00 bits per heavy atom. The second-order valence-corrected chi connectivity index (χ2v) is 4.93. The Bertz CT molecular complexity index is 739. The molecule has 0 fully saturated rings. The summed E-state index contributed by atoms with van der Waals surface area (Å²) in [4.78, 5) is 4.42. The largest absolute Gasteiger partial charge is 0.508 e. The summed E-state index contributed by atoms with van der Waals surface area (Å²) < 4.78 is 13.9. The van der Waals surface area contributed by atoms with Crippen LogP contribution in [0.15, 0.2) is 36.4 Å². The number of phenols is 1. The normalized spacial score (nSPS) is 10.9. The van der Waals surface area contributed by atoms with Crippen molar-refractivity contribution in [3.05, 3.63) is 42.2 Å². The van der Waals surface area contributed by atoms with Gasteiger partial charge in [-0.25, -0.2) is 9.37 Å². The molecule has 0 saturated heterocycles. The fourth-order valence-corrected chi connectivity index (χ4v) is 2.80. The Morgan fingerprint density at radius 3 is 2.78 bits per heavy atom. The van der Waals surface area contributed by atoms with Crippen molar-refractivity contribution in [2.45, 2.75) is 0 Å². The summed E-state index contributed by atoms with van der Waals surface area (Å²) in [5, 5.41) is 10.1. The number of nitrogens with two attached hydrogens (primary N) is 1. The Balaban J connectivity index is 2.19. The number of rotatable bonds is 1. The monoisotopic (exact) mass is 259 g/mol. The van der Waals surface area contributed by atoms with E-state index < -0.39 is 0 Å². The molecular weight excluding hydrogens is 250 g/mol. The van der Waals surface area contributed by atoms with Crippen LogP contribution in [0.5, 0.6) is 5.75 Å². The lowest BCUT2D eigenvalue weighted by molar-refractivity contribution is 0.476. The van der Waals surface area contributed by atoms with E-state index >= 15 is 0 Å². The third-order valence-corrected chi connectivity index (χ3v) is 3.67. The van der Waals surface area contributed by atoms with Crippen molar-refractivity contribution in [1.29, 1.82) is 0 Å². The minimum absolute atomic E-state index is 0.199. The highest BCUT2D eigenvalue weighted by molar-refractivity contribution is 7.21. The molecule has 2 aromatic carbocycles. The van der Waals surface area contributed by atoms with Crippen molar-refractivity contribution in [3.63, 3.8) is 0 Å². The van der Waals surface area contributed by atoms with Crippen LogP contribution in [0.3, 0.4) is 0 Å². The number of nitrogen functional groups attached to an aromatic ring is 1. The Labute approximate surface area is 106 Å². The van der Waals surface area contributed by atoms with Gasteiger partial charge in [0.05, 0.1) is 10.2 Å². The van der Waals surface area contributed by atoms with Gasteiger partial charge in [-0.05, 0) is 36.4 Å². The number of phenolic OH excluding ortho intramolecular Hbond substituents is 1. The predicted octanol–water partition coefficient (Wildman–Crippen LogP) is 3.39. The van der Waals surface area contributed by atoms with E-state index in [2.05, 4.69) is 4.98 Å². The molecule has 18 heavy (non-hydrogen) atoms. The first kappa shape index (κ1) is 11.0. The number of hydrogen-bond acceptors (Lipinski definition) is 4. The smallest absolute Gasteiger partial charge is 0.126 e. The molecule has 0 atom stereocenters. The highest BCUT2D eigenvalue weighted by Gasteiger charge is 2.10. The third kappa shape index (κ3) is 1.78. The number of hydrogen-bond donors (Lipinski definition) is 2. The molecule has 5 heteroatoms. The van der Waals surface area contributed by atoms with Crippen molar-refractivity contribution in [2.24, 2.45) is 0 Å². The van der Waals surface area contributed by atoms with E-state index in [1.807, 2.05) is 0 Å². The minimum atomic E-state index is -0.366. The lowest BCUT2D eigenvalue weighted by Crippen LogP contribution is -1.90. The van der Waals surface area contributed by atoms with Crippen LogP contribution in [0.1, 0.15) is 0 Å². The van der Waals surface area contributed by atoms with Crippen molar-refractivity contribution in [2.75, 3.05) is 5.73 Å². The molecular formula is C13H9FN2OS. The van der Waals surface area contributed by atoms with Crippen LogP contribution in [0.2, 0.25) is 0 Å². The number of thiazole rings is 1. The van der Waals surface area contributed by atoms with Crippen molar-refractivity contribution in [1.82, 2.24) is 4.98 Å². The standard InChI is InChI=1S/C13H9FN2OS/c14-7-1-3-9(10(15)5-7)13-16-11-4-2-8(17)6-12(11)18-13/h1-6,17H,15H2/i14-1. The summed E-state index contributed by atoms with van der Waals surface area (Å²) in [5.74, 6) is -0.167. The molecule has 90 valence electrons. The van der Waals surface area contributed by atoms with Crippen LogP contribution < -0.4 is 5.73 Å². The maximum absolute atomic E-state index is 13.0. The molecule has 0 aliphatic heterocycles. The molecule has 0 bridgehead atoms. The fraction of sp³-hybridized carbons (Fsp3) is 0. The lowest BCUT2D eigenvalue weighted by atomic mass is 10.2. The third-order valence-electron chi connectivity index (χ3n) is 2.62. The van der Waals surface area contributed by atoms with E-state index in [0.717, 1.165) is 10.2 Å². The number of aromatic hydroxyl groups is 1. The molecule has 0 amide bonds. The van der Waals surface area contributed by atoms with Gasteiger partial charge in [-0.1, -0.05) is 0 Å². The van der Waals surface area contributed by atoms with Crippen molar-refractivity contribution >= 4 is 27.2 Å². The Kier molecular flexibility index (Phi) is 2.41. The van der Waals surface area contributed by atoms with Gasteiger partial charge in [0.15, 0.2) is 0 Å². The molecule has 3 aromatic rings. The zero-order valence-electron chi connectivity index (χ0n) is 9.22. The SMILES string of the molecule is Nc1cc([18F])ccc1-c1nc2ccc(O)cc2s1. The molecule has 0 unspecified atom stereocenters. The molecule has 0 spiro atoms. The number of anilines is 1. The molecule has 0 radical (unpaired) electrons. The topological polar surface area (TPSA) is 59.1 Å². The number of aromatic nitrogens is 1. The zero-order chi connectivity index (χ0) is 12.7. The molecule has 1 heterocycles. The molecule has 0 saturated carbocycles. The summed E-state index contributed by atoms with van der Waals surface area (Å²) >= 11 is 1.41. The van der Waals surface area contributed by atoms with Gasteiger partial charge in [-0.2, -0.15) is 0 Å². The van der Waals surface area contributed by atoms with Gasteiger partial charge in [-0.15, -0.1) is 11.3 Å². The van der Waals surface area contributed by atoms with E-state index in [1.54, 1.807) is 24.3 Å². The Morgan fingerprint density at radius 1 is 1.17 bits per heavy atom. The van der Waals surface area contributed by atoms with Gasteiger partial charge in [0, 0.05) is 11.3 Å². The molecule has 3 nitrogen and oxygen atoms in total. The second kappa shape index (κ2) is 3.96. The predicted molar refractivity (Wildman–Crippen MR) is 71.1 cm³/mol. The highest BCUT2D eigenvalue weighted by Crippen LogP contribution is 2.34. The molecule has 3 N–H and O–H groups in total. The first-order valence-corrected chi connectivity index (χ1v) is 6.10. The van der Waals surface area contributed by atoms with E-state index in [9.17, 15) is 9.50 Å². The minimum Gasteiger partial charge on any atom is -0.508 e. The summed E-state index contributed by atoms with van der Waals surface area (Å²) in [6, 6.07) is 9.22. The number of fused-ring (bicyclic) bond motifs is 1.